The maximum Gasteiger partial charge on any atom is 0.573 e. The molecule has 0 saturated heterocycles. The molecule has 0 aliphatic carbocycles. The number of nitrogens with zero attached hydrogens (tertiary/aromatic N) is 2. The van der Waals surface area contributed by atoms with Crippen molar-refractivity contribution in [3.63, 3.8) is 0 Å². The van der Waals surface area contributed by atoms with Crippen LogP contribution in [0.4, 0.5) is 13.2 Å². The van der Waals surface area contributed by atoms with Crippen LogP contribution in [-0.4, -0.2) is 28.1 Å². The average molecular weight is 395 g/mol. The topological polar surface area (TPSA) is 47.0 Å². The molecular formula is C19H20F3N3OS. The lowest BCUT2D eigenvalue weighted by atomic mass is 10.0. The molecule has 0 spiro atoms. The van der Waals surface area contributed by atoms with Crippen molar-refractivity contribution in [1.29, 1.82) is 0 Å². The second kappa shape index (κ2) is 8.31. The van der Waals surface area contributed by atoms with Gasteiger partial charge in [0.2, 0.25) is 0 Å². The molecule has 0 amide bonds. The summed E-state index contributed by atoms with van der Waals surface area (Å²) in [6.07, 6.45) is -1.05. The first-order chi connectivity index (χ1) is 12.9. The Bertz CT molecular complexity index is 809. The number of alkyl halides is 3. The normalized spacial score (nSPS) is 16.7. The summed E-state index contributed by atoms with van der Waals surface area (Å²) < 4.78 is 41.1. The molecule has 1 unspecified atom stereocenters. The van der Waals surface area contributed by atoms with Crippen LogP contribution in [0, 0.1) is 0 Å². The number of nitrogens with one attached hydrogen (secondary N) is 1. The molecule has 1 aromatic heterocycles. The standard InChI is InChI=1S/C19H20F3N3OS/c1-3-14-9-10-15-17(24-16(11-23-4-2)25-18(15)27-14)12-5-7-13(8-6-12)26-19(20,21)22/h3,5-8,14,23H,1,4,9-11H2,2H3. The van der Waals surface area contributed by atoms with Gasteiger partial charge >= 0.3 is 6.36 Å². The maximum atomic E-state index is 12.4. The van der Waals surface area contributed by atoms with E-state index in [4.69, 9.17) is 0 Å². The zero-order valence-corrected chi connectivity index (χ0v) is 15.7. The van der Waals surface area contributed by atoms with E-state index in [-0.39, 0.29) is 5.75 Å². The number of hydrogen-bond donors (Lipinski definition) is 1. The predicted molar refractivity (Wildman–Crippen MR) is 99.7 cm³/mol. The molecule has 8 heteroatoms. The highest BCUT2D eigenvalue weighted by atomic mass is 32.2. The monoisotopic (exact) mass is 395 g/mol. The van der Waals surface area contributed by atoms with Crippen molar-refractivity contribution in [3.8, 4) is 17.0 Å². The Labute approximate surface area is 160 Å². The fraction of sp³-hybridized carbons (Fsp3) is 0.368. The number of hydrogen-bond acceptors (Lipinski definition) is 5. The van der Waals surface area contributed by atoms with Crippen LogP contribution in [0.2, 0.25) is 0 Å². The minimum Gasteiger partial charge on any atom is -0.406 e. The van der Waals surface area contributed by atoms with Gasteiger partial charge in [0.05, 0.1) is 12.2 Å². The molecule has 0 fully saturated rings. The van der Waals surface area contributed by atoms with Crippen molar-refractivity contribution in [2.75, 3.05) is 6.54 Å². The van der Waals surface area contributed by atoms with Crippen molar-refractivity contribution in [2.45, 2.75) is 42.9 Å². The minimum atomic E-state index is -4.70. The van der Waals surface area contributed by atoms with Crippen LogP contribution in [0.15, 0.2) is 41.9 Å². The Kier molecular flexibility index (Phi) is 6.06. The number of benzene rings is 1. The van der Waals surface area contributed by atoms with Gasteiger partial charge in [0.1, 0.15) is 16.6 Å². The Hall–Kier alpha value is -2.06. The molecule has 2 heterocycles. The lowest BCUT2D eigenvalue weighted by Crippen LogP contribution is -2.18. The Morgan fingerprint density at radius 1 is 1.30 bits per heavy atom. The van der Waals surface area contributed by atoms with Crippen LogP contribution >= 0.6 is 11.8 Å². The van der Waals surface area contributed by atoms with E-state index in [2.05, 4.69) is 26.6 Å². The van der Waals surface area contributed by atoms with E-state index >= 15 is 0 Å². The fourth-order valence-corrected chi connectivity index (χ4v) is 3.97. The highest BCUT2D eigenvalue weighted by molar-refractivity contribution is 8.00. The van der Waals surface area contributed by atoms with E-state index in [1.807, 2.05) is 13.0 Å². The highest BCUT2D eigenvalue weighted by Gasteiger charge is 2.31. The highest BCUT2D eigenvalue weighted by Crippen LogP contribution is 2.39. The number of thioether (sulfide) groups is 1. The summed E-state index contributed by atoms with van der Waals surface area (Å²) in [6, 6.07) is 5.82. The molecule has 0 radical (unpaired) electrons. The summed E-state index contributed by atoms with van der Waals surface area (Å²) in [5.74, 6) is 0.418. The molecule has 1 aliphatic heterocycles. The molecule has 3 rings (SSSR count). The summed E-state index contributed by atoms with van der Waals surface area (Å²) >= 11 is 1.65. The van der Waals surface area contributed by atoms with E-state index in [1.165, 1.54) is 12.1 Å². The first kappa shape index (κ1) is 19.7. The molecule has 1 aliphatic rings. The summed E-state index contributed by atoms with van der Waals surface area (Å²) in [4.78, 5) is 9.34. The molecule has 1 atom stereocenters. The summed E-state index contributed by atoms with van der Waals surface area (Å²) in [5, 5.41) is 4.43. The van der Waals surface area contributed by atoms with Gasteiger partial charge in [-0.1, -0.05) is 24.8 Å². The molecule has 4 nitrogen and oxygen atoms in total. The van der Waals surface area contributed by atoms with Gasteiger partial charge in [0, 0.05) is 16.4 Å². The lowest BCUT2D eigenvalue weighted by molar-refractivity contribution is -0.274. The van der Waals surface area contributed by atoms with Crippen LogP contribution < -0.4 is 10.1 Å². The van der Waals surface area contributed by atoms with Crippen molar-refractivity contribution < 1.29 is 17.9 Å². The fourth-order valence-electron chi connectivity index (χ4n) is 2.85. The number of fused-ring (bicyclic) bond motifs is 1. The van der Waals surface area contributed by atoms with Crippen molar-refractivity contribution in [3.05, 3.63) is 48.3 Å². The van der Waals surface area contributed by atoms with E-state index in [0.29, 0.717) is 17.6 Å². The smallest absolute Gasteiger partial charge is 0.406 e. The molecule has 1 aromatic carbocycles. The first-order valence-electron chi connectivity index (χ1n) is 8.65. The van der Waals surface area contributed by atoms with Crippen molar-refractivity contribution in [1.82, 2.24) is 15.3 Å². The average Bonchev–Trinajstić information content (AvgIpc) is 2.64. The maximum absolute atomic E-state index is 12.4. The molecule has 0 bridgehead atoms. The van der Waals surface area contributed by atoms with Gasteiger partial charge in [-0.3, -0.25) is 0 Å². The quantitative estimate of drug-likeness (QED) is 0.565. The van der Waals surface area contributed by atoms with Crippen LogP contribution in [-0.2, 0) is 13.0 Å². The zero-order valence-electron chi connectivity index (χ0n) is 14.8. The van der Waals surface area contributed by atoms with Gasteiger partial charge in [0.15, 0.2) is 0 Å². The Morgan fingerprint density at radius 3 is 2.67 bits per heavy atom. The summed E-state index contributed by atoms with van der Waals surface area (Å²) in [5.41, 5.74) is 2.54. The molecular weight excluding hydrogens is 375 g/mol. The molecule has 144 valence electrons. The Balaban J connectivity index is 1.97. The predicted octanol–water partition coefficient (Wildman–Crippen LogP) is 4.74. The second-order valence-corrected chi connectivity index (χ2v) is 7.28. The number of ether oxygens (including phenoxy) is 1. The Morgan fingerprint density at radius 2 is 2.04 bits per heavy atom. The molecule has 1 N–H and O–H groups in total. The zero-order chi connectivity index (χ0) is 19.4. The van der Waals surface area contributed by atoms with Gasteiger partial charge in [-0.15, -0.1) is 19.8 Å². The van der Waals surface area contributed by atoms with Gasteiger partial charge in [-0.05, 0) is 43.7 Å². The van der Waals surface area contributed by atoms with Crippen LogP contribution in [0.25, 0.3) is 11.3 Å². The number of halogens is 3. The minimum absolute atomic E-state index is 0.247. The van der Waals surface area contributed by atoms with Gasteiger partial charge in [0.25, 0.3) is 0 Å². The third kappa shape index (κ3) is 5.01. The third-order valence-corrected chi connectivity index (χ3v) is 5.41. The summed E-state index contributed by atoms with van der Waals surface area (Å²) in [6.45, 7) is 7.19. The van der Waals surface area contributed by atoms with E-state index < -0.39 is 6.36 Å². The van der Waals surface area contributed by atoms with Gasteiger partial charge in [-0.2, -0.15) is 0 Å². The lowest BCUT2D eigenvalue weighted by Gasteiger charge is -2.23. The SMILES string of the molecule is C=CC1CCc2c(nc(CNCC)nc2-c2ccc(OC(F)(F)F)cc2)S1. The van der Waals surface area contributed by atoms with Crippen molar-refractivity contribution in [2.24, 2.45) is 0 Å². The molecule has 0 saturated carbocycles. The van der Waals surface area contributed by atoms with E-state index in [0.717, 1.165) is 41.2 Å². The largest absolute Gasteiger partial charge is 0.573 e. The van der Waals surface area contributed by atoms with Crippen molar-refractivity contribution >= 4 is 11.8 Å². The van der Waals surface area contributed by atoms with Crippen LogP contribution in [0.3, 0.4) is 0 Å². The molecule has 2 aromatic rings. The van der Waals surface area contributed by atoms with Crippen LogP contribution in [0.1, 0.15) is 24.7 Å². The number of aromatic nitrogens is 2. The van der Waals surface area contributed by atoms with E-state index in [9.17, 15) is 13.2 Å². The van der Waals surface area contributed by atoms with Gasteiger partial charge < -0.3 is 10.1 Å². The number of rotatable bonds is 6. The molecule has 27 heavy (non-hydrogen) atoms. The second-order valence-electron chi connectivity index (χ2n) is 6.06. The van der Waals surface area contributed by atoms with Crippen LogP contribution in [0.5, 0.6) is 5.75 Å². The third-order valence-electron chi connectivity index (χ3n) is 4.11. The summed E-state index contributed by atoms with van der Waals surface area (Å²) in [7, 11) is 0. The first-order valence-corrected chi connectivity index (χ1v) is 9.53. The van der Waals surface area contributed by atoms with E-state index in [1.54, 1.807) is 23.9 Å². The van der Waals surface area contributed by atoms with Gasteiger partial charge in [-0.25, -0.2) is 9.97 Å².